The zero-order valence-corrected chi connectivity index (χ0v) is 29.6. The van der Waals surface area contributed by atoms with Crippen molar-refractivity contribution in [2.75, 3.05) is 27.3 Å². The van der Waals surface area contributed by atoms with Gasteiger partial charge in [0, 0.05) is 23.2 Å². The minimum Gasteiger partial charge on any atom is -0.496 e. The van der Waals surface area contributed by atoms with Crippen LogP contribution in [0.25, 0.3) is 22.3 Å². The number of ether oxygens (including phenoxy) is 3. The van der Waals surface area contributed by atoms with Gasteiger partial charge in [0.2, 0.25) is 0 Å². The minimum absolute atomic E-state index is 0.110. The number of benzene rings is 4. The third-order valence-corrected chi connectivity index (χ3v) is 8.73. The number of aliphatic hydroxyl groups is 1. The summed E-state index contributed by atoms with van der Waals surface area (Å²) < 4.78 is 94.8. The first-order chi connectivity index (χ1) is 24.4. The van der Waals surface area contributed by atoms with Gasteiger partial charge in [0.05, 0.1) is 38.0 Å². The van der Waals surface area contributed by atoms with Gasteiger partial charge in [-0.25, -0.2) is 4.79 Å². The van der Waals surface area contributed by atoms with Gasteiger partial charge in [-0.15, -0.1) is 0 Å². The highest BCUT2D eigenvalue weighted by Crippen LogP contribution is 2.42. The summed E-state index contributed by atoms with van der Waals surface area (Å²) in [5.74, 6) is 1.54. The van der Waals surface area contributed by atoms with E-state index in [-0.39, 0.29) is 30.5 Å². The Morgan fingerprint density at radius 3 is 1.65 bits per heavy atom. The highest BCUT2D eigenvalue weighted by atomic mass is 19.4. The topological polar surface area (TPSA) is 103 Å². The van der Waals surface area contributed by atoms with Gasteiger partial charge in [-0.05, 0) is 88.2 Å². The van der Waals surface area contributed by atoms with Gasteiger partial charge in [-0.1, -0.05) is 52.0 Å². The monoisotopic (exact) mass is 732 g/mol. The van der Waals surface area contributed by atoms with Crippen molar-refractivity contribution in [1.29, 1.82) is 0 Å². The van der Waals surface area contributed by atoms with Crippen molar-refractivity contribution in [3.05, 3.63) is 106 Å². The fraction of sp³-hybridized carbons (Fsp3) is 0.359. The smallest absolute Gasteiger partial charge is 0.416 e. The molecule has 1 fully saturated rings. The Labute approximate surface area is 298 Å². The molecule has 5 rings (SSSR count). The summed E-state index contributed by atoms with van der Waals surface area (Å²) in [6.07, 6.45) is -11.6. The standard InChI is InChI=1S/C20H20F3NO3.C19H22F3NO2/c1-11(2)12-4-7-17(26-3)15(8-12)14-6-5-13(20(21,22)23)9-16(14)18-10-24-19(25)27-18;1-11(2)12-4-7-18(25-3)16(8-12)14-6-5-13(19(20,21)22)9-15(14)17(24)10-23/h4-9,11,18H,10H2,1-3H3,(H,24,25);4-9,11,17,24H,10,23H2,1-3H3. The van der Waals surface area contributed by atoms with Crippen molar-refractivity contribution in [3.8, 4) is 33.8 Å². The second-order valence-electron chi connectivity index (χ2n) is 12.9. The van der Waals surface area contributed by atoms with Crippen molar-refractivity contribution < 1.29 is 50.5 Å². The Kier molecular flexibility index (Phi) is 12.5. The molecule has 1 amide bonds. The van der Waals surface area contributed by atoms with Crippen molar-refractivity contribution in [2.24, 2.45) is 5.73 Å². The number of hydrogen-bond acceptors (Lipinski definition) is 6. The first-order valence-corrected chi connectivity index (χ1v) is 16.5. The molecule has 1 aliphatic rings. The van der Waals surface area contributed by atoms with Gasteiger partial charge in [0.1, 0.15) is 17.6 Å². The van der Waals surface area contributed by atoms with Crippen LogP contribution >= 0.6 is 0 Å². The van der Waals surface area contributed by atoms with Gasteiger partial charge in [0.25, 0.3) is 0 Å². The van der Waals surface area contributed by atoms with E-state index >= 15 is 0 Å². The number of alkyl halides is 6. The molecule has 52 heavy (non-hydrogen) atoms. The largest absolute Gasteiger partial charge is 0.496 e. The van der Waals surface area contributed by atoms with Gasteiger partial charge in [-0.2, -0.15) is 26.3 Å². The van der Waals surface area contributed by atoms with Crippen LogP contribution in [0, 0.1) is 0 Å². The SMILES string of the molecule is COc1ccc(C(C)C)cc1-c1ccc(C(F)(F)F)cc1C(O)CN.COc1ccc(C(C)C)cc1-c1ccc(C(F)(F)F)cc1C1CNC(=O)O1. The van der Waals surface area contributed by atoms with E-state index in [2.05, 4.69) is 5.32 Å². The second kappa shape index (κ2) is 16.3. The summed E-state index contributed by atoms with van der Waals surface area (Å²) in [7, 11) is 3.01. The Morgan fingerprint density at radius 1 is 0.750 bits per heavy atom. The Hall–Kier alpha value is -4.75. The number of cyclic esters (lactones) is 1. The minimum atomic E-state index is -4.49. The van der Waals surface area contributed by atoms with Crippen LogP contribution in [0.2, 0.25) is 0 Å². The molecule has 1 heterocycles. The fourth-order valence-electron chi connectivity index (χ4n) is 5.79. The summed E-state index contributed by atoms with van der Waals surface area (Å²) >= 11 is 0. The maximum atomic E-state index is 13.2. The lowest BCUT2D eigenvalue weighted by Gasteiger charge is -2.20. The zero-order valence-electron chi connectivity index (χ0n) is 29.6. The maximum absolute atomic E-state index is 13.2. The molecular formula is C39H42F6N2O5. The predicted molar refractivity (Wildman–Crippen MR) is 186 cm³/mol. The number of methoxy groups -OCH3 is 2. The van der Waals surface area contributed by atoms with E-state index < -0.39 is 41.8 Å². The maximum Gasteiger partial charge on any atom is 0.416 e. The van der Waals surface area contributed by atoms with Crippen molar-refractivity contribution in [2.45, 2.75) is 64.1 Å². The first-order valence-electron chi connectivity index (χ1n) is 16.5. The highest BCUT2D eigenvalue weighted by Gasteiger charge is 2.35. The highest BCUT2D eigenvalue weighted by molar-refractivity contribution is 5.77. The third-order valence-electron chi connectivity index (χ3n) is 8.73. The van der Waals surface area contributed by atoms with Crippen LogP contribution in [0.3, 0.4) is 0 Å². The van der Waals surface area contributed by atoms with Crippen molar-refractivity contribution in [1.82, 2.24) is 5.32 Å². The van der Waals surface area contributed by atoms with E-state index in [1.165, 1.54) is 26.4 Å². The van der Waals surface area contributed by atoms with Gasteiger partial charge in [-0.3, -0.25) is 0 Å². The molecule has 2 atom stereocenters. The van der Waals surface area contributed by atoms with Gasteiger partial charge in [0.15, 0.2) is 0 Å². The van der Waals surface area contributed by atoms with E-state index in [1.54, 1.807) is 12.1 Å². The molecule has 4 N–H and O–H groups in total. The molecule has 0 bridgehead atoms. The van der Waals surface area contributed by atoms with Crippen LogP contribution in [0.5, 0.6) is 11.5 Å². The van der Waals surface area contributed by atoms with Gasteiger partial charge < -0.3 is 30.4 Å². The number of amides is 1. The quantitative estimate of drug-likeness (QED) is 0.148. The molecule has 13 heteroatoms. The molecule has 1 aliphatic heterocycles. The lowest BCUT2D eigenvalue weighted by molar-refractivity contribution is -0.138. The number of aliphatic hydroxyl groups excluding tert-OH is 1. The van der Waals surface area contributed by atoms with E-state index in [0.29, 0.717) is 39.3 Å². The third kappa shape index (κ3) is 9.18. The molecule has 4 aromatic rings. The van der Waals surface area contributed by atoms with Crippen molar-refractivity contribution in [3.63, 3.8) is 0 Å². The molecule has 0 spiro atoms. The summed E-state index contributed by atoms with van der Waals surface area (Å²) in [5.41, 5.74) is 8.67. The van der Waals surface area contributed by atoms with E-state index in [4.69, 9.17) is 19.9 Å². The van der Waals surface area contributed by atoms with Crippen LogP contribution in [0.1, 0.15) is 85.1 Å². The molecular weight excluding hydrogens is 690 g/mol. The average molecular weight is 733 g/mol. The molecule has 2 unspecified atom stereocenters. The van der Waals surface area contributed by atoms with E-state index in [0.717, 1.165) is 35.4 Å². The first kappa shape index (κ1) is 40.0. The zero-order chi connectivity index (χ0) is 38.5. The molecule has 280 valence electrons. The molecule has 0 saturated carbocycles. The molecule has 0 aliphatic carbocycles. The predicted octanol–water partition coefficient (Wildman–Crippen LogP) is 9.78. The Morgan fingerprint density at radius 2 is 1.23 bits per heavy atom. The molecule has 1 saturated heterocycles. The van der Waals surface area contributed by atoms with Crippen LogP contribution < -0.4 is 20.5 Å². The number of hydrogen-bond donors (Lipinski definition) is 3. The fourth-order valence-corrected chi connectivity index (χ4v) is 5.79. The number of nitrogens with two attached hydrogens (primary N) is 1. The summed E-state index contributed by atoms with van der Waals surface area (Å²) in [6.45, 7) is 8.03. The average Bonchev–Trinajstić information content (AvgIpc) is 3.55. The second-order valence-corrected chi connectivity index (χ2v) is 12.9. The Balaban J connectivity index is 0.000000234. The summed E-state index contributed by atoms with van der Waals surface area (Å²) in [5, 5.41) is 12.7. The van der Waals surface area contributed by atoms with E-state index in [1.807, 2.05) is 52.0 Å². The molecule has 0 radical (unpaired) electrons. The Bertz CT molecular complexity index is 1870. The van der Waals surface area contributed by atoms with Crippen LogP contribution in [0.15, 0.2) is 72.8 Å². The number of rotatable bonds is 9. The lowest BCUT2D eigenvalue weighted by atomic mass is 9.90. The lowest BCUT2D eigenvalue weighted by Crippen LogP contribution is -2.14. The number of nitrogens with one attached hydrogen (secondary N) is 1. The normalized spacial score (nSPS) is 15.2. The van der Waals surface area contributed by atoms with Crippen LogP contribution in [0.4, 0.5) is 31.1 Å². The number of halogens is 6. The number of carbonyl (C=O) groups is 1. The summed E-state index contributed by atoms with van der Waals surface area (Å²) in [6, 6.07) is 18.0. The van der Waals surface area contributed by atoms with Crippen molar-refractivity contribution >= 4 is 6.09 Å². The van der Waals surface area contributed by atoms with E-state index in [9.17, 15) is 36.2 Å². The number of alkyl carbamates (subject to hydrolysis) is 1. The van der Waals surface area contributed by atoms with Gasteiger partial charge >= 0.3 is 18.4 Å². The van der Waals surface area contributed by atoms with Crippen LogP contribution in [-0.2, 0) is 17.1 Å². The number of carbonyl (C=O) groups excluding carboxylic acids is 1. The molecule has 4 aromatic carbocycles. The molecule has 0 aromatic heterocycles. The molecule has 7 nitrogen and oxygen atoms in total. The van der Waals surface area contributed by atoms with Crippen LogP contribution in [-0.4, -0.2) is 38.5 Å². The summed E-state index contributed by atoms with van der Waals surface area (Å²) in [4.78, 5) is 11.4.